The SMILES string of the molecule is COc1ccccc1CN1C[C@@H](SC2=C(C(=O)O)N3C(=O)[C@H]([C@@H](C)O)[C@H]3[C@H]2C)C[C@H]1CNS(N)(=O)=O. The maximum absolute atomic E-state index is 12.6. The number of aliphatic carboxylic acids is 1. The predicted molar refractivity (Wildman–Crippen MR) is 134 cm³/mol. The van der Waals surface area contributed by atoms with Crippen molar-refractivity contribution in [3.05, 3.63) is 40.4 Å². The quantitative estimate of drug-likeness (QED) is 0.306. The van der Waals surface area contributed by atoms with Crippen LogP contribution in [-0.4, -0.2) is 83.9 Å². The molecular formula is C23H32N4O7S2. The van der Waals surface area contributed by atoms with Gasteiger partial charge in [-0.15, -0.1) is 11.8 Å². The zero-order chi connectivity index (χ0) is 26.4. The third kappa shape index (κ3) is 5.13. The monoisotopic (exact) mass is 540 g/mol. The Hall–Kier alpha value is -2.16. The fourth-order valence-electron chi connectivity index (χ4n) is 5.55. The van der Waals surface area contributed by atoms with E-state index in [1.807, 2.05) is 31.2 Å². The molecule has 0 saturated carbocycles. The molecule has 6 atom stereocenters. The summed E-state index contributed by atoms with van der Waals surface area (Å²) in [7, 11) is -2.29. The predicted octanol–water partition coefficient (Wildman–Crippen LogP) is 0.318. The van der Waals surface area contributed by atoms with Gasteiger partial charge in [0.25, 0.3) is 10.2 Å². The minimum atomic E-state index is -3.88. The number of β-lactam (4-membered cyclic amide) rings is 1. The lowest BCUT2D eigenvalue weighted by Crippen LogP contribution is -2.63. The van der Waals surface area contributed by atoms with Gasteiger partial charge in [0.15, 0.2) is 0 Å². The van der Waals surface area contributed by atoms with E-state index in [1.165, 1.54) is 16.7 Å². The number of ether oxygens (including phenoxy) is 1. The number of nitrogens with one attached hydrogen (secondary N) is 1. The molecule has 0 unspecified atom stereocenters. The molecule has 0 spiro atoms. The second kappa shape index (κ2) is 10.3. The number of methoxy groups -OCH3 is 1. The Morgan fingerprint density at radius 3 is 2.67 bits per heavy atom. The number of carbonyl (C=O) groups excluding carboxylic acids is 1. The Balaban J connectivity index is 1.56. The number of nitrogens with two attached hydrogens (primary N) is 1. The Kier molecular flexibility index (Phi) is 7.70. The molecule has 3 aliphatic heterocycles. The van der Waals surface area contributed by atoms with Gasteiger partial charge in [-0.3, -0.25) is 9.69 Å². The average Bonchev–Trinajstić information content (AvgIpc) is 3.28. The summed E-state index contributed by atoms with van der Waals surface area (Å²) >= 11 is 1.43. The number of carboxylic acids is 1. The van der Waals surface area contributed by atoms with E-state index in [-0.39, 0.29) is 41.4 Å². The first-order chi connectivity index (χ1) is 16.9. The smallest absolute Gasteiger partial charge is 0.353 e. The standard InChI is InChI=1S/C23H32N4O7S2/c1-12-19-18(13(2)28)22(29)27(19)20(23(30)31)21(12)35-16-8-15(9-25-36(24,32)33)26(11-16)10-14-6-4-5-7-17(14)34-3/h4-7,12-13,15-16,18-19,25,28H,8-11H2,1-3H3,(H,30,31)(H2,24,32,33)/t12-,13-,15+,16+,18-,19-/m1/s1. The topological polar surface area (TPSA) is 162 Å². The van der Waals surface area contributed by atoms with Crippen LogP contribution in [0.5, 0.6) is 5.75 Å². The molecule has 3 heterocycles. The van der Waals surface area contributed by atoms with Gasteiger partial charge >= 0.3 is 5.97 Å². The molecule has 0 aliphatic carbocycles. The summed E-state index contributed by atoms with van der Waals surface area (Å²) in [5, 5.41) is 25.1. The summed E-state index contributed by atoms with van der Waals surface area (Å²) in [6.07, 6.45) is -0.277. The first-order valence-electron chi connectivity index (χ1n) is 11.7. The molecule has 1 aromatic carbocycles. The van der Waals surface area contributed by atoms with Crippen LogP contribution >= 0.6 is 11.8 Å². The van der Waals surface area contributed by atoms with Crippen LogP contribution in [0.1, 0.15) is 25.8 Å². The van der Waals surface area contributed by atoms with E-state index in [4.69, 9.17) is 9.88 Å². The van der Waals surface area contributed by atoms with E-state index in [2.05, 4.69) is 9.62 Å². The molecule has 198 valence electrons. The number of fused-ring (bicyclic) bond motifs is 1. The lowest BCUT2D eigenvalue weighted by Gasteiger charge is -2.46. The number of carbonyl (C=O) groups is 2. The fraction of sp³-hybridized carbons (Fsp3) is 0.565. The summed E-state index contributed by atoms with van der Waals surface area (Å²) in [6, 6.07) is 7.02. The Morgan fingerprint density at radius 2 is 2.06 bits per heavy atom. The van der Waals surface area contributed by atoms with E-state index in [1.54, 1.807) is 14.0 Å². The molecule has 1 amide bonds. The molecule has 0 aromatic heterocycles. The van der Waals surface area contributed by atoms with Crippen molar-refractivity contribution in [3.63, 3.8) is 0 Å². The average molecular weight is 541 g/mol. The van der Waals surface area contributed by atoms with Gasteiger partial charge in [0.2, 0.25) is 5.91 Å². The van der Waals surface area contributed by atoms with Gasteiger partial charge in [-0.05, 0) is 19.4 Å². The van der Waals surface area contributed by atoms with Crippen LogP contribution in [0.4, 0.5) is 0 Å². The first kappa shape index (κ1) is 26.9. The van der Waals surface area contributed by atoms with Crippen LogP contribution in [0.25, 0.3) is 0 Å². The lowest BCUT2D eigenvalue weighted by atomic mass is 9.79. The molecule has 5 N–H and O–H groups in total. The summed E-state index contributed by atoms with van der Waals surface area (Å²) in [5.41, 5.74) is 0.933. The highest BCUT2D eigenvalue weighted by Gasteiger charge is 2.60. The second-order valence-corrected chi connectivity index (χ2v) is 12.3. The summed E-state index contributed by atoms with van der Waals surface area (Å²) < 4.78 is 31.0. The molecule has 0 bridgehead atoms. The van der Waals surface area contributed by atoms with Crippen LogP contribution in [0.3, 0.4) is 0 Å². The van der Waals surface area contributed by atoms with Gasteiger partial charge in [-0.2, -0.15) is 8.42 Å². The normalized spacial score (nSPS) is 29.3. The van der Waals surface area contributed by atoms with Gasteiger partial charge in [-0.25, -0.2) is 14.7 Å². The Bertz CT molecular complexity index is 1170. The number of rotatable bonds is 10. The largest absolute Gasteiger partial charge is 0.496 e. The van der Waals surface area contributed by atoms with Gasteiger partial charge in [0.05, 0.1) is 25.2 Å². The third-order valence-corrected chi connectivity index (χ3v) is 9.24. The number of thioether (sulfide) groups is 1. The van der Waals surface area contributed by atoms with Crippen LogP contribution in [0, 0.1) is 11.8 Å². The molecule has 4 rings (SSSR count). The number of carboxylic acid groups (broad SMARTS) is 1. The number of likely N-dealkylation sites (tertiary alicyclic amines) is 1. The molecule has 13 heteroatoms. The maximum Gasteiger partial charge on any atom is 0.353 e. The highest BCUT2D eigenvalue weighted by atomic mass is 32.2. The number of benzene rings is 1. The Morgan fingerprint density at radius 1 is 1.36 bits per heavy atom. The van der Waals surface area contributed by atoms with Crippen LogP contribution < -0.4 is 14.6 Å². The number of aliphatic hydroxyl groups excluding tert-OH is 1. The zero-order valence-corrected chi connectivity index (χ0v) is 22.0. The van der Waals surface area contributed by atoms with Crippen LogP contribution in [-0.2, 0) is 26.3 Å². The molecule has 0 radical (unpaired) electrons. The zero-order valence-electron chi connectivity index (χ0n) is 20.3. The van der Waals surface area contributed by atoms with Gasteiger partial charge in [0.1, 0.15) is 11.4 Å². The molecule has 3 aliphatic rings. The minimum absolute atomic E-state index is 0.0122. The second-order valence-electron chi connectivity index (χ2n) is 9.54. The van der Waals surface area contributed by atoms with E-state index in [9.17, 15) is 28.2 Å². The van der Waals surface area contributed by atoms with Crippen molar-refractivity contribution >= 4 is 33.8 Å². The molecule has 2 saturated heterocycles. The molecule has 1 aromatic rings. The van der Waals surface area contributed by atoms with Gasteiger partial charge < -0.3 is 19.8 Å². The van der Waals surface area contributed by atoms with Gasteiger partial charge in [0, 0.05) is 47.3 Å². The fourth-order valence-corrected chi connectivity index (χ4v) is 7.57. The number of hydrogen-bond donors (Lipinski definition) is 4. The van der Waals surface area contributed by atoms with E-state index >= 15 is 0 Å². The molecular weight excluding hydrogens is 508 g/mol. The summed E-state index contributed by atoms with van der Waals surface area (Å²) in [5.74, 6) is -1.67. The van der Waals surface area contributed by atoms with Crippen molar-refractivity contribution in [2.24, 2.45) is 17.0 Å². The van der Waals surface area contributed by atoms with Crippen molar-refractivity contribution in [2.45, 2.75) is 50.3 Å². The number of amides is 1. The van der Waals surface area contributed by atoms with Crippen molar-refractivity contribution in [3.8, 4) is 5.75 Å². The van der Waals surface area contributed by atoms with Crippen molar-refractivity contribution < 1.29 is 33.0 Å². The van der Waals surface area contributed by atoms with E-state index in [0.29, 0.717) is 24.4 Å². The number of hydrogen-bond acceptors (Lipinski definition) is 8. The lowest BCUT2D eigenvalue weighted by molar-refractivity contribution is -0.163. The third-order valence-electron chi connectivity index (χ3n) is 7.18. The van der Waals surface area contributed by atoms with Crippen molar-refractivity contribution in [1.29, 1.82) is 0 Å². The van der Waals surface area contributed by atoms with Crippen molar-refractivity contribution in [2.75, 3.05) is 20.2 Å². The van der Waals surface area contributed by atoms with E-state index < -0.39 is 28.2 Å². The van der Waals surface area contributed by atoms with Gasteiger partial charge in [-0.1, -0.05) is 25.1 Å². The van der Waals surface area contributed by atoms with Crippen molar-refractivity contribution in [1.82, 2.24) is 14.5 Å². The molecule has 11 nitrogen and oxygen atoms in total. The Labute approximate surface area is 214 Å². The minimum Gasteiger partial charge on any atom is -0.496 e. The molecule has 2 fully saturated rings. The van der Waals surface area contributed by atoms with Crippen LogP contribution in [0.15, 0.2) is 34.9 Å². The highest BCUT2D eigenvalue weighted by molar-refractivity contribution is 8.03. The van der Waals surface area contributed by atoms with Crippen LogP contribution in [0.2, 0.25) is 0 Å². The number of aliphatic hydroxyl groups is 1. The van der Waals surface area contributed by atoms with E-state index in [0.717, 1.165) is 11.3 Å². The summed E-state index contributed by atoms with van der Waals surface area (Å²) in [4.78, 5) is 28.9. The highest BCUT2D eigenvalue weighted by Crippen LogP contribution is 2.52. The number of para-hydroxylation sites is 1. The number of nitrogens with zero attached hydrogens (tertiary/aromatic N) is 2. The summed E-state index contributed by atoms with van der Waals surface area (Å²) in [6.45, 7) is 4.63. The maximum atomic E-state index is 12.6. The first-order valence-corrected chi connectivity index (χ1v) is 14.1. The molecule has 36 heavy (non-hydrogen) atoms.